The molecule has 1 aliphatic rings. The maximum absolute atomic E-state index is 11.6. The minimum absolute atomic E-state index is 0.332. The van der Waals surface area contributed by atoms with E-state index in [0.29, 0.717) is 37.2 Å². The molecule has 0 aromatic rings. The fourth-order valence-corrected chi connectivity index (χ4v) is 1.79. The van der Waals surface area contributed by atoms with Crippen molar-refractivity contribution in [2.45, 2.75) is 39.5 Å². The van der Waals surface area contributed by atoms with Gasteiger partial charge in [-0.05, 0) is 39.5 Å². The lowest BCUT2D eigenvalue weighted by atomic mass is 9.92. The van der Waals surface area contributed by atoms with Gasteiger partial charge in [-0.1, -0.05) is 0 Å². The smallest absolute Gasteiger partial charge is 0.334 e. The van der Waals surface area contributed by atoms with Crippen LogP contribution in [0, 0.1) is 0 Å². The summed E-state index contributed by atoms with van der Waals surface area (Å²) in [5, 5.41) is 0. The third-order valence-electron chi connectivity index (χ3n) is 2.51. The molecule has 0 aliphatic heterocycles. The average Bonchev–Trinajstić information content (AvgIpc) is 2.30. The molecule has 0 unspecified atom stereocenters. The lowest BCUT2D eigenvalue weighted by Crippen LogP contribution is -2.19. The summed E-state index contributed by atoms with van der Waals surface area (Å²) in [6.07, 6.45) is 3.09. The summed E-state index contributed by atoms with van der Waals surface area (Å²) in [7, 11) is 0. The van der Waals surface area contributed by atoms with Crippen LogP contribution in [0.4, 0.5) is 0 Å². The van der Waals surface area contributed by atoms with E-state index < -0.39 is 0 Å². The van der Waals surface area contributed by atoms with Crippen LogP contribution in [0.2, 0.25) is 0 Å². The summed E-state index contributed by atoms with van der Waals surface area (Å²) in [5.41, 5.74) is 1.01. The predicted molar refractivity (Wildman–Crippen MR) is 58.8 cm³/mol. The van der Waals surface area contributed by atoms with Crippen LogP contribution in [0.5, 0.6) is 0 Å². The molecule has 0 bridgehead atoms. The van der Waals surface area contributed by atoms with Crippen molar-refractivity contribution in [2.24, 2.45) is 0 Å². The first kappa shape index (κ1) is 12.7. The Balaban J connectivity index is 2.86. The second-order valence-corrected chi connectivity index (χ2v) is 3.61. The standard InChI is InChI=1S/C12H18O4/c1-3-15-11(13)9-7-5-6-8-10(9)12(14)16-4-2/h3-8H2,1-2H3. The highest BCUT2D eigenvalue weighted by atomic mass is 16.5. The normalized spacial score (nSPS) is 15.9. The lowest BCUT2D eigenvalue weighted by molar-refractivity contribution is -0.142. The van der Waals surface area contributed by atoms with Crippen molar-refractivity contribution in [1.29, 1.82) is 0 Å². The molecule has 0 aromatic heterocycles. The third-order valence-corrected chi connectivity index (χ3v) is 2.51. The molecule has 0 fully saturated rings. The number of hydrogen-bond acceptors (Lipinski definition) is 4. The minimum atomic E-state index is -0.370. The quantitative estimate of drug-likeness (QED) is 0.688. The van der Waals surface area contributed by atoms with Gasteiger partial charge in [0.1, 0.15) is 0 Å². The first-order valence-electron chi connectivity index (χ1n) is 5.77. The Morgan fingerprint density at radius 3 is 1.62 bits per heavy atom. The van der Waals surface area contributed by atoms with E-state index in [1.807, 2.05) is 0 Å². The number of carbonyl (C=O) groups is 2. The molecule has 0 N–H and O–H groups in total. The number of rotatable bonds is 4. The topological polar surface area (TPSA) is 52.6 Å². The van der Waals surface area contributed by atoms with Crippen molar-refractivity contribution in [3.05, 3.63) is 11.1 Å². The first-order chi connectivity index (χ1) is 7.70. The van der Waals surface area contributed by atoms with E-state index in [0.717, 1.165) is 12.8 Å². The van der Waals surface area contributed by atoms with E-state index in [4.69, 9.17) is 9.47 Å². The van der Waals surface area contributed by atoms with Gasteiger partial charge < -0.3 is 9.47 Å². The van der Waals surface area contributed by atoms with Crippen LogP contribution < -0.4 is 0 Å². The van der Waals surface area contributed by atoms with Gasteiger partial charge in [0.25, 0.3) is 0 Å². The molecule has 0 saturated heterocycles. The zero-order valence-corrected chi connectivity index (χ0v) is 9.88. The summed E-state index contributed by atoms with van der Waals surface area (Å²) in [6, 6.07) is 0. The molecular weight excluding hydrogens is 208 g/mol. The second kappa shape index (κ2) is 6.30. The number of ether oxygens (including phenoxy) is 2. The molecule has 0 saturated carbocycles. The summed E-state index contributed by atoms with van der Waals surface area (Å²) in [4.78, 5) is 23.3. The summed E-state index contributed by atoms with van der Waals surface area (Å²) < 4.78 is 9.87. The van der Waals surface area contributed by atoms with E-state index in [9.17, 15) is 9.59 Å². The van der Waals surface area contributed by atoms with Crippen molar-refractivity contribution < 1.29 is 19.1 Å². The molecule has 1 aliphatic carbocycles. The first-order valence-corrected chi connectivity index (χ1v) is 5.77. The van der Waals surface area contributed by atoms with Crippen LogP contribution in [-0.2, 0) is 19.1 Å². The average molecular weight is 226 g/mol. The van der Waals surface area contributed by atoms with Crippen molar-refractivity contribution in [3.63, 3.8) is 0 Å². The molecule has 0 radical (unpaired) electrons. The largest absolute Gasteiger partial charge is 0.463 e. The molecule has 0 atom stereocenters. The van der Waals surface area contributed by atoms with Crippen molar-refractivity contribution in [1.82, 2.24) is 0 Å². The third kappa shape index (κ3) is 3.08. The number of esters is 2. The van der Waals surface area contributed by atoms with Gasteiger partial charge in [0.15, 0.2) is 0 Å². The predicted octanol–water partition coefficient (Wildman–Crippen LogP) is 1.98. The van der Waals surface area contributed by atoms with Crippen LogP contribution >= 0.6 is 0 Å². The van der Waals surface area contributed by atoms with Crippen molar-refractivity contribution >= 4 is 11.9 Å². The Labute approximate surface area is 95.6 Å². The minimum Gasteiger partial charge on any atom is -0.463 e. The van der Waals surface area contributed by atoms with Crippen LogP contribution in [0.1, 0.15) is 39.5 Å². The van der Waals surface area contributed by atoms with Gasteiger partial charge in [0.2, 0.25) is 0 Å². The molecule has 90 valence electrons. The molecular formula is C12H18O4. The van der Waals surface area contributed by atoms with Crippen molar-refractivity contribution in [2.75, 3.05) is 13.2 Å². The lowest BCUT2D eigenvalue weighted by Gasteiger charge is -2.17. The highest BCUT2D eigenvalue weighted by Gasteiger charge is 2.25. The van der Waals surface area contributed by atoms with E-state index in [1.165, 1.54) is 0 Å². The molecule has 16 heavy (non-hydrogen) atoms. The van der Waals surface area contributed by atoms with Gasteiger partial charge in [-0.3, -0.25) is 0 Å². The van der Waals surface area contributed by atoms with E-state index in [2.05, 4.69) is 0 Å². The van der Waals surface area contributed by atoms with Gasteiger partial charge in [-0.2, -0.15) is 0 Å². The zero-order chi connectivity index (χ0) is 12.0. The van der Waals surface area contributed by atoms with E-state index in [1.54, 1.807) is 13.8 Å². The fourth-order valence-electron chi connectivity index (χ4n) is 1.79. The highest BCUT2D eigenvalue weighted by Crippen LogP contribution is 2.26. The molecule has 4 nitrogen and oxygen atoms in total. The fraction of sp³-hybridized carbons (Fsp3) is 0.667. The summed E-state index contributed by atoms with van der Waals surface area (Å²) in [5.74, 6) is -0.740. The van der Waals surface area contributed by atoms with Crippen molar-refractivity contribution in [3.8, 4) is 0 Å². The maximum Gasteiger partial charge on any atom is 0.334 e. The Bertz CT molecular complexity index is 274. The molecule has 0 spiro atoms. The number of hydrogen-bond donors (Lipinski definition) is 0. The Morgan fingerprint density at radius 1 is 0.938 bits per heavy atom. The van der Waals surface area contributed by atoms with Gasteiger partial charge >= 0.3 is 11.9 Å². The van der Waals surface area contributed by atoms with Gasteiger partial charge in [-0.15, -0.1) is 0 Å². The van der Waals surface area contributed by atoms with Gasteiger partial charge in [0, 0.05) is 11.1 Å². The molecule has 4 heteroatoms. The molecule has 1 rings (SSSR count). The zero-order valence-electron chi connectivity index (χ0n) is 9.88. The molecule has 0 aromatic carbocycles. The van der Waals surface area contributed by atoms with E-state index >= 15 is 0 Å². The Hall–Kier alpha value is -1.32. The van der Waals surface area contributed by atoms with Crippen LogP contribution in [0.15, 0.2) is 11.1 Å². The highest BCUT2D eigenvalue weighted by molar-refractivity contribution is 6.00. The van der Waals surface area contributed by atoms with Crippen LogP contribution in [0.3, 0.4) is 0 Å². The summed E-state index contributed by atoms with van der Waals surface area (Å²) >= 11 is 0. The molecule has 0 heterocycles. The molecule has 0 amide bonds. The van der Waals surface area contributed by atoms with Gasteiger partial charge in [0.05, 0.1) is 13.2 Å². The summed E-state index contributed by atoms with van der Waals surface area (Å²) in [6.45, 7) is 4.17. The maximum atomic E-state index is 11.6. The Morgan fingerprint density at radius 2 is 1.31 bits per heavy atom. The second-order valence-electron chi connectivity index (χ2n) is 3.61. The van der Waals surface area contributed by atoms with Crippen LogP contribution in [0.25, 0.3) is 0 Å². The number of carbonyl (C=O) groups excluding carboxylic acids is 2. The SMILES string of the molecule is CCOC(=O)C1=C(C(=O)OCC)CCCC1. The van der Waals surface area contributed by atoms with Gasteiger partial charge in [-0.25, -0.2) is 9.59 Å². The monoisotopic (exact) mass is 226 g/mol. The Kier molecular flexibility index (Phi) is 5.02. The van der Waals surface area contributed by atoms with E-state index in [-0.39, 0.29) is 11.9 Å². The van der Waals surface area contributed by atoms with Crippen LogP contribution in [-0.4, -0.2) is 25.2 Å².